The van der Waals surface area contributed by atoms with Crippen molar-refractivity contribution in [3.05, 3.63) is 57.8 Å². The van der Waals surface area contributed by atoms with Gasteiger partial charge in [-0.25, -0.2) is 0 Å². The van der Waals surface area contributed by atoms with E-state index in [4.69, 9.17) is 0 Å². The molecule has 2 N–H and O–H groups in total. The summed E-state index contributed by atoms with van der Waals surface area (Å²) in [7, 11) is 1.81. The molecule has 0 amide bonds. The molecule has 0 aliphatic carbocycles. The van der Waals surface area contributed by atoms with Gasteiger partial charge in [-0.2, -0.15) is 0 Å². The SMILES string of the molecule is CN=C(NCc1ccccc1C)NCC(C)(C)c1cccs1.I. The Hall–Kier alpha value is -1.08. The van der Waals surface area contributed by atoms with Crippen molar-refractivity contribution in [1.29, 1.82) is 0 Å². The van der Waals surface area contributed by atoms with Crippen LogP contribution in [0.4, 0.5) is 0 Å². The molecule has 2 rings (SSSR count). The molecule has 1 aromatic heterocycles. The smallest absolute Gasteiger partial charge is 0.191 e. The van der Waals surface area contributed by atoms with Gasteiger partial charge in [0.05, 0.1) is 0 Å². The molecule has 2 aromatic rings. The number of nitrogens with one attached hydrogen (secondary N) is 2. The fourth-order valence-corrected chi connectivity index (χ4v) is 3.12. The summed E-state index contributed by atoms with van der Waals surface area (Å²) < 4.78 is 0. The quantitative estimate of drug-likeness (QED) is 0.410. The van der Waals surface area contributed by atoms with Gasteiger partial charge < -0.3 is 10.6 Å². The van der Waals surface area contributed by atoms with Crippen LogP contribution in [0.25, 0.3) is 0 Å². The van der Waals surface area contributed by atoms with Gasteiger partial charge in [-0.3, -0.25) is 4.99 Å². The van der Waals surface area contributed by atoms with Crippen molar-refractivity contribution in [1.82, 2.24) is 10.6 Å². The summed E-state index contributed by atoms with van der Waals surface area (Å²) in [5, 5.41) is 8.95. The normalized spacial score (nSPS) is 11.7. The second-order valence-electron chi connectivity index (χ2n) is 6.07. The van der Waals surface area contributed by atoms with Gasteiger partial charge in [0.1, 0.15) is 0 Å². The summed E-state index contributed by atoms with van der Waals surface area (Å²) in [5.41, 5.74) is 2.68. The van der Waals surface area contributed by atoms with Gasteiger partial charge in [-0.05, 0) is 29.5 Å². The number of benzene rings is 1. The summed E-state index contributed by atoms with van der Waals surface area (Å²) in [4.78, 5) is 5.70. The van der Waals surface area contributed by atoms with Crippen molar-refractivity contribution >= 4 is 41.3 Å². The third-order valence-electron chi connectivity index (χ3n) is 3.82. The molecular weight excluding hydrogens is 417 g/mol. The Morgan fingerprint density at radius 1 is 1.13 bits per heavy atom. The van der Waals surface area contributed by atoms with Crippen molar-refractivity contribution in [3.8, 4) is 0 Å². The number of hydrogen-bond acceptors (Lipinski definition) is 2. The summed E-state index contributed by atoms with van der Waals surface area (Å²) in [5.74, 6) is 0.841. The maximum absolute atomic E-state index is 4.32. The van der Waals surface area contributed by atoms with Gasteiger partial charge in [0.15, 0.2) is 5.96 Å². The molecule has 0 unspecified atom stereocenters. The maximum atomic E-state index is 4.32. The van der Waals surface area contributed by atoms with Crippen molar-refractivity contribution < 1.29 is 0 Å². The molecule has 0 aliphatic rings. The molecule has 0 saturated heterocycles. The molecule has 0 atom stereocenters. The number of hydrogen-bond donors (Lipinski definition) is 2. The summed E-state index contributed by atoms with van der Waals surface area (Å²) in [6.07, 6.45) is 0. The van der Waals surface area contributed by atoms with Crippen LogP contribution in [-0.2, 0) is 12.0 Å². The predicted octanol–water partition coefficient (Wildman–Crippen LogP) is 4.32. The van der Waals surface area contributed by atoms with Gasteiger partial charge >= 0.3 is 0 Å². The number of halogens is 1. The Balaban J connectivity index is 0.00000264. The highest BCUT2D eigenvalue weighted by Gasteiger charge is 2.21. The molecule has 0 spiro atoms. The van der Waals surface area contributed by atoms with E-state index in [1.807, 2.05) is 7.05 Å². The van der Waals surface area contributed by atoms with Crippen LogP contribution < -0.4 is 10.6 Å². The summed E-state index contributed by atoms with van der Waals surface area (Å²) in [6.45, 7) is 8.26. The highest BCUT2D eigenvalue weighted by molar-refractivity contribution is 14.0. The molecule has 0 bridgehead atoms. The Labute approximate surface area is 160 Å². The molecular formula is C18H26IN3S. The summed E-state index contributed by atoms with van der Waals surface area (Å²) in [6, 6.07) is 12.7. The molecule has 1 aromatic carbocycles. The number of thiophene rings is 1. The minimum absolute atomic E-state index is 0. The van der Waals surface area contributed by atoms with Gasteiger partial charge in [0.25, 0.3) is 0 Å². The lowest BCUT2D eigenvalue weighted by Gasteiger charge is -2.25. The average Bonchev–Trinajstić information content (AvgIpc) is 3.04. The highest BCUT2D eigenvalue weighted by atomic mass is 127. The first-order valence-electron chi connectivity index (χ1n) is 7.56. The largest absolute Gasteiger partial charge is 0.356 e. The first kappa shape index (κ1) is 20.0. The Morgan fingerprint density at radius 3 is 2.48 bits per heavy atom. The lowest BCUT2D eigenvalue weighted by Crippen LogP contribution is -2.43. The molecule has 23 heavy (non-hydrogen) atoms. The molecule has 0 aliphatic heterocycles. The molecule has 1 heterocycles. The standard InChI is InChI=1S/C18H25N3S.HI/c1-14-8-5-6-9-15(14)12-20-17(19-4)21-13-18(2,3)16-10-7-11-22-16;/h5-11H,12-13H2,1-4H3,(H2,19,20,21);1H. The first-order chi connectivity index (χ1) is 10.5. The highest BCUT2D eigenvalue weighted by Crippen LogP contribution is 2.26. The van der Waals surface area contributed by atoms with Crippen LogP contribution in [0.15, 0.2) is 46.8 Å². The monoisotopic (exact) mass is 443 g/mol. The summed E-state index contributed by atoms with van der Waals surface area (Å²) >= 11 is 1.80. The maximum Gasteiger partial charge on any atom is 0.191 e. The topological polar surface area (TPSA) is 36.4 Å². The average molecular weight is 443 g/mol. The predicted molar refractivity (Wildman–Crippen MR) is 112 cm³/mol. The third-order valence-corrected chi connectivity index (χ3v) is 5.05. The van der Waals surface area contributed by atoms with E-state index in [9.17, 15) is 0 Å². The zero-order chi connectivity index (χ0) is 16.0. The lowest BCUT2D eigenvalue weighted by molar-refractivity contribution is 0.518. The number of rotatable bonds is 5. The van der Waals surface area contributed by atoms with Crippen LogP contribution in [0.2, 0.25) is 0 Å². The zero-order valence-corrected chi connectivity index (χ0v) is 17.4. The zero-order valence-electron chi connectivity index (χ0n) is 14.2. The van der Waals surface area contributed by atoms with Gasteiger partial charge in [-0.15, -0.1) is 35.3 Å². The van der Waals surface area contributed by atoms with E-state index in [1.54, 1.807) is 11.3 Å². The molecule has 0 fully saturated rings. The minimum atomic E-state index is 0. The number of aliphatic imine (C=N–C) groups is 1. The molecule has 126 valence electrons. The van der Waals surface area contributed by atoms with Gasteiger partial charge in [0.2, 0.25) is 0 Å². The van der Waals surface area contributed by atoms with E-state index < -0.39 is 0 Å². The lowest BCUT2D eigenvalue weighted by atomic mass is 9.91. The number of nitrogens with zero attached hydrogens (tertiary/aromatic N) is 1. The van der Waals surface area contributed by atoms with E-state index in [0.717, 1.165) is 19.0 Å². The van der Waals surface area contributed by atoms with Crippen LogP contribution >= 0.6 is 35.3 Å². The van der Waals surface area contributed by atoms with Crippen LogP contribution in [0.1, 0.15) is 29.9 Å². The van der Waals surface area contributed by atoms with Crippen molar-refractivity contribution in [2.45, 2.75) is 32.7 Å². The fraction of sp³-hybridized carbons (Fsp3) is 0.389. The molecule has 5 heteroatoms. The van der Waals surface area contributed by atoms with Crippen LogP contribution in [0.5, 0.6) is 0 Å². The van der Waals surface area contributed by atoms with Crippen LogP contribution in [0.3, 0.4) is 0 Å². The third kappa shape index (κ3) is 5.80. The Kier molecular flexibility index (Phi) is 8.05. The molecule has 0 radical (unpaired) electrons. The van der Waals surface area contributed by atoms with Crippen molar-refractivity contribution in [3.63, 3.8) is 0 Å². The Morgan fingerprint density at radius 2 is 1.87 bits per heavy atom. The van der Waals surface area contributed by atoms with E-state index in [1.165, 1.54) is 16.0 Å². The van der Waals surface area contributed by atoms with Crippen LogP contribution in [-0.4, -0.2) is 19.6 Å². The second-order valence-corrected chi connectivity index (χ2v) is 7.01. The van der Waals surface area contributed by atoms with E-state index in [0.29, 0.717) is 0 Å². The Bertz CT molecular complexity index is 621. The first-order valence-corrected chi connectivity index (χ1v) is 8.44. The van der Waals surface area contributed by atoms with E-state index in [-0.39, 0.29) is 29.4 Å². The fourth-order valence-electron chi connectivity index (χ4n) is 2.26. The van der Waals surface area contributed by atoms with Crippen molar-refractivity contribution in [2.24, 2.45) is 4.99 Å². The minimum Gasteiger partial charge on any atom is -0.356 e. The van der Waals surface area contributed by atoms with Crippen LogP contribution in [0, 0.1) is 6.92 Å². The second kappa shape index (κ2) is 9.27. The van der Waals surface area contributed by atoms with Crippen molar-refractivity contribution in [2.75, 3.05) is 13.6 Å². The van der Waals surface area contributed by atoms with Gasteiger partial charge in [-0.1, -0.05) is 44.2 Å². The number of guanidine groups is 1. The van der Waals surface area contributed by atoms with E-state index >= 15 is 0 Å². The van der Waals surface area contributed by atoms with Gasteiger partial charge in [0, 0.05) is 30.4 Å². The molecule has 0 saturated carbocycles. The molecule has 3 nitrogen and oxygen atoms in total. The number of aryl methyl sites for hydroxylation is 1. The van der Waals surface area contributed by atoms with E-state index in [2.05, 4.69) is 78.2 Å².